The Labute approximate surface area is 145 Å². The first-order valence-electron chi connectivity index (χ1n) is 8.14. The number of benzene rings is 1. The predicted molar refractivity (Wildman–Crippen MR) is 96.4 cm³/mol. The van der Waals surface area contributed by atoms with Crippen LogP contribution in [0.25, 0.3) is 11.2 Å². The lowest BCUT2D eigenvalue weighted by molar-refractivity contribution is 0.332. The van der Waals surface area contributed by atoms with Crippen molar-refractivity contribution in [3.63, 3.8) is 0 Å². The van der Waals surface area contributed by atoms with Gasteiger partial charge < -0.3 is 9.72 Å². The summed E-state index contributed by atoms with van der Waals surface area (Å²) in [5, 5.41) is 1.51. The smallest absolute Gasteiger partial charge is 0.215 e. The molecule has 0 spiro atoms. The standard InChI is InChI=1S/C18H20N4OS/c1-23-16-8-7-15-17(20-16)21-18(19-15)24-14-9-10-22(12-14)11-13-5-3-2-4-6-13/h2-8,14H,9-12H2,1H3,(H,19,20,21). The molecule has 1 atom stereocenters. The highest BCUT2D eigenvalue weighted by atomic mass is 32.2. The number of hydrogen-bond acceptors (Lipinski definition) is 5. The number of pyridine rings is 1. The third kappa shape index (κ3) is 3.39. The minimum absolute atomic E-state index is 0.566. The molecule has 0 bridgehead atoms. The van der Waals surface area contributed by atoms with Gasteiger partial charge in [-0.25, -0.2) is 4.98 Å². The summed E-state index contributed by atoms with van der Waals surface area (Å²) in [6.07, 6.45) is 1.19. The Kier molecular flexibility index (Phi) is 4.40. The van der Waals surface area contributed by atoms with E-state index < -0.39 is 0 Å². The topological polar surface area (TPSA) is 54.0 Å². The highest BCUT2D eigenvalue weighted by molar-refractivity contribution is 7.99. The molecule has 1 saturated heterocycles. The second-order valence-corrected chi connectivity index (χ2v) is 7.31. The van der Waals surface area contributed by atoms with Crippen molar-refractivity contribution in [1.82, 2.24) is 19.9 Å². The Balaban J connectivity index is 1.39. The van der Waals surface area contributed by atoms with E-state index in [-0.39, 0.29) is 0 Å². The first-order valence-corrected chi connectivity index (χ1v) is 9.02. The molecule has 124 valence electrons. The van der Waals surface area contributed by atoms with E-state index in [0.29, 0.717) is 11.1 Å². The van der Waals surface area contributed by atoms with Crippen LogP contribution in [0, 0.1) is 0 Å². The molecule has 24 heavy (non-hydrogen) atoms. The maximum atomic E-state index is 5.16. The maximum absolute atomic E-state index is 5.16. The van der Waals surface area contributed by atoms with Crippen LogP contribution in [-0.4, -0.2) is 45.3 Å². The number of thioether (sulfide) groups is 1. The van der Waals surface area contributed by atoms with E-state index in [2.05, 4.69) is 50.2 Å². The molecular formula is C18H20N4OS. The zero-order valence-electron chi connectivity index (χ0n) is 13.6. The van der Waals surface area contributed by atoms with Crippen LogP contribution in [0.1, 0.15) is 12.0 Å². The van der Waals surface area contributed by atoms with Gasteiger partial charge in [0.2, 0.25) is 5.88 Å². The molecule has 1 aromatic carbocycles. The van der Waals surface area contributed by atoms with Crippen molar-refractivity contribution in [3.8, 4) is 5.88 Å². The number of aromatic nitrogens is 3. The lowest BCUT2D eigenvalue weighted by atomic mass is 10.2. The number of nitrogens with one attached hydrogen (secondary N) is 1. The van der Waals surface area contributed by atoms with Gasteiger partial charge in [0.1, 0.15) is 0 Å². The first kappa shape index (κ1) is 15.5. The van der Waals surface area contributed by atoms with Gasteiger partial charge in [0.25, 0.3) is 0 Å². The fourth-order valence-electron chi connectivity index (χ4n) is 3.06. The Hall–Kier alpha value is -2.05. The second-order valence-electron chi connectivity index (χ2n) is 6.02. The molecule has 1 aliphatic rings. The molecule has 0 aliphatic carbocycles. The number of imidazole rings is 1. The third-order valence-corrected chi connectivity index (χ3v) is 5.40. The van der Waals surface area contributed by atoms with Crippen LogP contribution in [0.3, 0.4) is 0 Å². The van der Waals surface area contributed by atoms with Crippen LogP contribution < -0.4 is 4.74 Å². The van der Waals surface area contributed by atoms with E-state index in [1.807, 2.05) is 23.9 Å². The van der Waals surface area contributed by atoms with Crippen molar-refractivity contribution < 1.29 is 4.74 Å². The van der Waals surface area contributed by atoms with Crippen LogP contribution in [0.4, 0.5) is 0 Å². The molecule has 1 unspecified atom stereocenters. The number of likely N-dealkylation sites (tertiary alicyclic amines) is 1. The lowest BCUT2D eigenvalue weighted by Gasteiger charge is -2.15. The van der Waals surface area contributed by atoms with E-state index in [0.717, 1.165) is 36.0 Å². The Morgan fingerprint density at radius 2 is 2.08 bits per heavy atom. The molecule has 0 saturated carbocycles. The highest BCUT2D eigenvalue weighted by Crippen LogP contribution is 2.30. The zero-order valence-corrected chi connectivity index (χ0v) is 14.4. The van der Waals surface area contributed by atoms with Crippen LogP contribution >= 0.6 is 11.8 Å². The quantitative estimate of drug-likeness (QED) is 0.772. The van der Waals surface area contributed by atoms with E-state index >= 15 is 0 Å². The molecule has 6 heteroatoms. The highest BCUT2D eigenvalue weighted by Gasteiger charge is 2.24. The van der Waals surface area contributed by atoms with Crippen molar-refractivity contribution >= 4 is 22.9 Å². The fraction of sp³-hybridized carbons (Fsp3) is 0.333. The van der Waals surface area contributed by atoms with Crippen LogP contribution in [0.2, 0.25) is 0 Å². The summed E-state index contributed by atoms with van der Waals surface area (Å²) in [5.41, 5.74) is 3.05. The van der Waals surface area contributed by atoms with Gasteiger partial charge in [0, 0.05) is 24.4 Å². The molecule has 0 amide bonds. The maximum Gasteiger partial charge on any atom is 0.215 e. The normalized spacial score (nSPS) is 18.3. The summed E-state index contributed by atoms with van der Waals surface area (Å²) in [4.78, 5) is 14.8. The summed E-state index contributed by atoms with van der Waals surface area (Å²) in [5.74, 6) is 0.598. The SMILES string of the molecule is COc1ccc2[nH]c(SC3CCN(Cc4ccccc4)C3)nc2n1. The number of rotatable bonds is 5. The predicted octanol–water partition coefficient (Wildman–Crippen LogP) is 3.33. The molecular weight excluding hydrogens is 320 g/mol. The Morgan fingerprint density at radius 1 is 1.21 bits per heavy atom. The molecule has 3 aromatic rings. The van der Waals surface area contributed by atoms with Gasteiger partial charge >= 0.3 is 0 Å². The molecule has 1 N–H and O–H groups in total. The number of aromatic amines is 1. The van der Waals surface area contributed by atoms with Gasteiger partial charge in [0.15, 0.2) is 10.8 Å². The summed E-state index contributed by atoms with van der Waals surface area (Å²) >= 11 is 1.82. The van der Waals surface area contributed by atoms with Gasteiger partial charge in [0.05, 0.1) is 12.6 Å². The van der Waals surface area contributed by atoms with Gasteiger partial charge in [-0.05, 0) is 24.6 Å². The number of methoxy groups -OCH3 is 1. The number of fused-ring (bicyclic) bond motifs is 1. The molecule has 4 rings (SSSR count). The number of nitrogens with zero attached hydrogens (tertiary/aromatic N) is 3. The van der Waals surface area contributed by atoms with Crippen molar-refractivity contribution in [3.05, 3.63) is 48.0 Å². The van der Waals surface area contributed by atoms with Crippen molar-refractivity contribution in [1.29, 1.82) is 0 Å². The van der Waals surface area contributed by atoms with Crippen LogP contribution in [-0.2, 0) is 6.54 Å². The zero-order chi connectivity index (χ0) is 16.4. The fourth-order valence-corrected chi connectivity index (χ4v) is 4.19. The lowest BCUT2D eigenvalue weighted by Crippen LogP contribution is -2.20. The van der Waals surface area contributed by atoms with E-state index in [4.69, 9.17) is 4.74 Å². The third-order valence-electron chi connectivity index (χ3n) is 4.26. The average Bonchev–Trinajstić information content (AvgIpc) is 3.21. The molecule has 3 heterocycles. The summed E-state index contributed by atoms with van der Waals surface area (Å²) < 4.78 is 5.16. The molecule has 1 fully saturated rings. The molecule has 1 aliphatic heterocycles. The van der Waals surface area contributed by atoms with E-state index in [1.165, 1.54) is 12.0 Å². The largest absolute Gasteiger partial charge is 0.481 e. The minimum Gasteiger partial charge on any atom is -0.481 e. The molecule has 2 aromatic heterocycles. The van der Waals surface area contributed by atoms with Crippen molar-refractivity contribution in [2.24, 2.45) is 0 Å². The van der Waals surface area contributed by atoms with E-state index in [9.17, 15) is 0 Å². The average molecular weight is 340 g/mol. The molecule has 5 nitrogen and oxygen atoms in total. The first-order chi connectivity index (χ1) is 11.8. The molecule has 0 radical (unpaired) electrons. The number of hydrogen-bond donors (Lipinski definition) is 1. The van der Waals surface area contributed by atoms with Gasteiger partial charge in [-0.1, -0.05) is 42.1 Å². The summed E-state index contributed by atoms with van der Waals surface area (Å²) in [6, 6.07) is 14.5. The Bertz CT molecular complexity index is 820. The van der Waals surface area contributed by atoms with E-state index in [1.54, 1.807) is 7.11 Å². The second kappa shape index (κ2) is 6.83. The van der Waals surface area contributed by atoms with Crippen LogP contribution in [0.15, 0.2) is 47.6 Å². The van der Waals surface area contributed by atoms with Gasteiger partial charge in [-0.2, -0.15) is 4.98 Å². The number of H-pyrrole nitrogens is 1. The Morgan fingerprint density at radius 3 is 2.92 bits per heavy atom. The van der Waals surface area contributed by atoms with Crippen LogP contribution in [0.5, 0.6) is 5.88 Å². The number of ether oxygens (including phenoxy) is 1. The monoisotopic (exact) mass is 340 g/mol. The summed E-state index contributed by atoms with van der Waals surface area (Å²) in [7, 11) is 1.62. The van der Waals surface area contributed by atoms with Crippen molar-refractivity contribution in [2.45, 2.75) is 23.4 Å². The van der Waals surface area contributed by atoms with Gasteiger partial charge in [-0.15, -0.1) is 0 Å². The minimum atomic E-state index is 0.566. The summed E-state index contributed by atoms with van der Waals surface area (Å²) in [6.45, 7) is 3.25. The van der Waals surface area contributed by atoms with Crippen molar-refractivity contribution in [2.75, 3.05) is 20.2 Å². The van der Waals surface area contributed by atoms with Gasteiger partial charge in [-0.3, -0.25) is 4.90 Å².